The summed E-state index contributed by atoms with van der Waals surface area (Å²) < 4.78 is 26.8. The Labute approximate surface area is 139 Å². The van der Waals surface area contributed by atoms with E-state index in [0.29, 0.717) is 12.5 Å². The van der Waals surface area contributed by atoms with E-state index in [4.69, 9.17) is 0 Å². The first-order valence-corrected chi connectivity index (χ1v) is 7.15. The van der Waals surface area contributed by atoms with Crippen LogP contribution in [-0.2, 0) is 9.59 Å². The van der Waals surface area contributed by atoms with E-state index in [2.05, 4.69) is 16.0 Å². The van der Waals surface area contributed by atoms with Gasteiger partial charge >= 0.3 is 0 Å². The highest BCUT2D eigenvalue weighted by Crippen LogP contribution is 2.21. The highest BCUT2D eigenvalue weighted by atomic mass is 35.5. The van der Waals surface area contributed by atoms with Gasteiger partial charge in [-0.1, -0.05) is 6.07 Å². The third kappa shape index (κ3) is 5.76. The smallest absolute Gasteiger partial charge is 0.222 e. The molecule has 2 amide bonds. The fraction of sp³-hybridized carbons (Fsp3) is 0.467. The maximum atomic E-state index is 13.8. The molecule has 0 bridgehead atoms. The third-order valence-electron chi connectivity index (χ3n) is 3.56. The summed E-state index contributed by atoms with van der Waals surface area (Å²) in [4.78, 5) is 23.2. The Hall–Kier alpha value is -1.73. The van der Waals surface area contributed by atoms with Gasteiger partial charge in [0.05, 0.1) is 12.5 Å². The van der Waals surface area contributed by atoms with Crippen molar-refractivity contribution < 1.29 is 18.4 Å². The van der Waals surface area contributed by atoms with Gasteiger partial charge in [-0.05, 0) is 6.07 Å². The number of nitrogens with one attached hydrogen (secondary N) is 3. The van der Waals surface area contributed by atoms with Crippen LogP contribution in [0.5, 0.6) is 0 Å². The second kappa shape index (κ2) is 8.79. The van der Waals surface area contributed by atoms with E-state index in [0.717, 1.165) is 25.2 Å². The van der Waals surface area contributed by atoms with Gasteiger partial charge in [0.1, 0.15) is 11.6 Å². The number of carbonyl (C=O) groups excluding carboxylic acids is 2. The summed E-state index contributed by atoms with van der Waals surface area (Å²) in [6, 6.07) is 2.26. The number of rotatable bonds is 6. The Kier molecular flexibility index (Phi) is 7.38. The minimum Gasteiger partial charge on any atom is -0.356 e. The van der Waals surface area contributed by atoms with Gasteiger partial charge in [0.25, 0.3) is 0 Å². The van der Waals surface area contributed by atoms with Crippen molar-refractivity contribution in [3.05, 3.63) is 35.4 Å². The lowest BCUT2D eigenvalue weighted by Crippen LogP contribution is -2.48. The highest BCUT2D eigenvalue weighted by molar-refractivity contribution is 5.85. The Morgan fingerprint density at radius 1 is 1.35 bits per heavy atom. The van der Waals surface area contributed by atoms with Crippen LogP contribution in [0.15, 0.2) is 18.2 Å². The summed E-state index contributed by atoms with van der Waals surface area (Å²) in [5.41, 5.74) is 0.0945. The van der Waals surface area contributed by atoms with Crippen molar-refractivity contribution in [1.82, 2.24) is 16.0 Å². The molecule has 23 heavy (non-hydrogen) atoms. The van der Waals surface area contributed by atoms with E-state index >= 15 is 0 Å². The molecule has 0 radical (unpaired) electrons. The first-order chi connectivity index (χ1) is 10.5. The van der Waals surface area contributed by atoms with Crippen molar-refractivity contribution in [1.29, 1.82) is 0 Å². The van der Waals surface area contributed by atoms with Gasteiger partial charge in [-0.3, -0.25) is 9.59 Å². The molecule has 1 unspecified atom stereocenters. The lowest BCUT2D eigenvalue weighted by molar-refractivity contribution is -0.123. The molecule has 5 nitrogen and oxygen atoms in total. The van der Waals surface area contributed by atoms with Crippen LogP contribution in [0.4, 0.5) is 8.78 Å². The number of benzene rings is 1. The van der Waals surface area contributed by atoms with Crippen LogP contribution in [-0.4, -0.2) is 31.4 Å². The molecule has 0 saturated carbocycles. The first kappa shape index (κ1) is 19.3. The summed E-state index contributed by atoms with van der Waals surface area (Å²) in [7, 11) is 0. The molecule has 1 aliphatic heterocycles. The van der Waals surface area contributed by atoms with E-state index < -0.39 is 17.7 Å². The van der Waals surface area contributed by atoms with Crippen LogP contribution in [0.3, 0.4) is 0 Å². The fourth-order valence-electron chi connectivity index (χ4n) is 2.28. The first-order valence-electron chi connectivity index (χ1n) is 7.15. The maximum Gasteiger partial charge on any atom is 0.222 e. The van der Waals surface area contributed by atoms with Crippen molar-refractivity contribution in [2.45, 2.75) is 19.4 Å². The van der Waals surface area contributed by atoms with Crippen molar-refractivity contribution in [3.8, 4) is 0 Å². The quantitative estimate of drug-likeness (QED) is 0.726. The molecular weight excluding hydrogens is 328 g/mol. The van der Waals surface area contributed by atoms with Crippen LogP contribution in [0.2, 0.25) is 0 Å². The van der Waals surface area contributed by atoms with E-state index in [1.807, 2.05) is 0 Å². The Balaban J connectivity index is 0.00000264. The average Bonchev–Trinajstić information content (AvgIpc) is 2.35. The zero-order chi connectivity index (χ0) is 16.1. The second-order valence-corrected chi connectivity index (χ2v) is 5.45. The molecule has 1 aromatic carbocycles. The minimum atomic E-state index is -0.822. The van der Waals surface area contributed by atoms with Crippen molar-refractivity contribution in [2.24, 2.45) is 5.92 Å². The van der Waals surface area contributed by atoms with Crippen LogP contribution < -0.4 is 16.0 Å². The van der Waals surface area contributed by atoms with E-state index in [-0.39, 0.29) is 36.2 Å². The molecule has 1 heterocycles. The van der Waals surface area contributed by atoms with E-state index in [9.17, 15) is 18.4 Å². The number of hydrogen-bond donors (Lipinski definition) is 3. The molecule has 0 aliphatic carbocycles. The standard InChI is InChI=1S/C15H19F2N3O2.ClH/c1-9(21)20-14(12-3-2-11(16)4-13(12)17)5-15(22)19-8-10-6-18-7-10;/h2-4,10,14,18H,5-8H2,1H3,(H,19,22)(H,20,21);1H. The average molecular weight is 348 g/mol. The topological polar surface area (TPSA) is 70.2 Å². The molecule has 1 aliphatic rings. The molecule has 2 rings (SSSR count). The molecule has 8 heteroatoms. The zero-order valence-electron chi connectivity index (χ0n) is 12.7. The largest absolute Gasteiger partial charge is 0.356 e. The van der Waals surface area contributed by atoms with Gasteiger partial charge in [-0.25, -0.2) is 8.78 Å². The van der Waals surface area contributed by atoms with Gasteiger partial charge in [0, 0.05) is 44.1 Å². The molecule has 3 N–H and O–H groups in total. The summed E-state index contributed by atoms with van der Waals surface area (Å²) >= 11 is 0. The fourth-order valence-corrected chi connectivity index (χ4v) is 2.28. The number of hydrogen-bond acceptors (Lipinski definition) is 3. The highest BCUT2D eigenvalue weighted by Gasteiger charge is 2.22. The Bertz CT molecular complexity index is 568. The Morgan fingerprint density at radius 2 is 2.04 bits per heavy atom. The third-order valence-corrected chi connectivity index (χ3v) is 3.56. The normalized spacial score (nSPS) is 15.1. The second-order valence-electron chi connectivity index (χ2n) is 5.45. The van der Waals surface area contributed by atoms with Crippen LogP contribution in [0, 0.1) is 17.6 Å². The van der Waals surface area contributed by atoms with Crippen molar-refractivity contribution in [2.75, 3.05) is 19.6 Å². The SMILES string of the molecule is CC(=O)NC(CC(=O)NCC1CNC1)c1ccc(F)cc1F.Cl. The van der Waals surface area contributed by atoms with Gasteiger partial charge in [-0.2, -0.15) is 0 Å². The molecule has 1 fully saturated rings. The number of amides is 2. The van der Waals surface area contributed by atoms with Crippen LogP contribution in [0.25, 0.3) is 0 Å². The van der Waals surface area contributed by atoms with Gasteiger partial charge in [0.15, 0.2) is 0 Å². The van der Waals surface area contributed by atoms with Crippen molar-refractivity contribution >= 4 is 24.2 Å². The molecule has 128 valence electrons. The summed E-state index contributed by atoms with van der Waals surface area (Å²) in [6.07, 6.45) is -0.0950. The molecule has 1 aromatic rings. The maximum absolute atomic E-state index is 13.8. The molecular formula is C15H20ClF2N3O2. The summed E-state index contributed by atoms with van der Waals surface area (Å²) in [5, 5.41) is 8.39. The van der Waals surface area contributed by atoms with Gasteiger partial charge < -0.3 is 16.0 Å². The molecule has 1 saturated heterocycles. The van der Waals surface area contributed by atoms with E-state index in [1.54, 1.807) is 0 Å². The van der Waals surface area contributed by atoms with E-state index in [1.165, 1.54) is 13.0 Å². The minimum absolute atomic E-state index is 0. The zero-order valence-corrected chi connectivity index (χ0v) is 13.5. The number of halogens is 3. The molecule has 0 spiro atoms. The molecule has 0 aromatic heterocycles. The lowest BCUT2D eigenvalue weighted by atomic mass is 10.0. The number of carbonyl (C=O) groups is 2. The van der Waals surface area contributed by atoms with Crippen LogP contribution in [0.1, 0.15) is 24.9 Å². The predicted molar refractivity (Wildman–Crippen MR) is 84.2 cm³/mol. The predicted octanol–water partition coefficient (Wildman–Crippen LogP) is 1.29. The molecule has 1 atom stereocenters. The lowest BCUT2D eigenvalue weighted by Gasteiger charge is -2.27. The Morgan fingerprint density at radius 3 is 2.57 bits per heavy atom. The van der Waals surface area contributed by atoms with Gasteiger partial charge in [-0.15, -0.1) is 12.4 Å². The monoisotopic (exact) mass is 347 g/mol. The summed E-state index contributed by atoms with van der Waals surface area (Å²) in [6.45, 7) is 3.56. The summed E-state index contributed by atoms with van der Waals surface area (Å²) in [5.74, 6) is -1.75. The van der Waals surface area contributed by atoms with Crippen LogP contribution >= 0.6 is 12.4 Å². The van der Waals surface area contributed by atoms with Gasteiger partial charge in [0.2, 0.25) is 11.8 Å². The van der Waals surface area contributed by atoms with Crippen molar-refractivity contribution in [3.63, 3.8) is 0 Å².